The third kappa shape index (κ3) is 3.11. The number of hydrogen-bond acceptors (Lipinski definition) is 5. The van der Waals surface area contributed by atoms with E-state index in [9.17, 15) is 9.18 Å². The Morgan fingerprint density at radius 3 is 2.70 bits per heavy atom. The molecule has 1 aromatic carbocycles. The lowest BCUT2D eigenvalue weighted by molar-refractivity contribution is -0.135. The number of carbonyl (C=O) groups excluding carboxylic acids is 1. The van der Waals surface area contributed by atoms with Gasteiger partial charge in [0.15, 0.2) is 5.69 Å². The van der Waals surface area contributed by atoms with Crippen LogP contribution in [0.25, 0.3) is 23.0 Å². The third-order valence-corrected chi connectivity index (χ3v) is 4.78. The van der Waals surface area contributed by atoms with Crippen molar-refractivity contribution in [2.24, 2.45) is 13.0 Å². The van der Waals surface area contributed by atoms with Crippen LogP contribution in [0.3, 0.4) is 0 Å². The molecule has 140 valence electrons. The zero-order valence-electron chi connectivity index (χ0n) is 15.4. The first-order valence-electron chi connectivity index (χ1n) is 8.87. The van der Waals surface area contributed by atoms with Crippen LogP contribution in [0.5, 0.6) is 0 Å². The van der Waals surface area contributed by atoms with E-state index in [2.05, 4.69) is 15.2 Å². The number of aryl methyl sites for hydroxylation is 1. The quantitative estimate of drug-likeness (QED) is 0.709. The van der Waals surface area contributed by atoms with E-state index in [1.54, 1.807) is 12.1 Å². The molecule has 0 atom stereocenters. The molecular weight excluding hydrogens is 349 g/mol. The zero-order valence-corrected chi connectivity index (χ0v) is 15.4. The Labute approximate surface area is 155 Å². The average Bonchev–Trinajstić information content (AvgIpc) is 3.26. The highest BCUT2D eigenvalue weighted by Gasteiger charge is 2.30. The molecule has 0 unspecified atom stereocenters. The number of rotatable bonds is 3. The fourth-order valence-corrected chi connectivity index (χ4v) is 3.35. The fraction of sp³-hybridized carbons (Fsp3) is 0.368. The summed E-state index contributed by atoms with van der Waals surface area (Å²) >= 11 is 0. The predicted molar refractivity (Wildman–Crippen MR) is 95.9 cm³/mol. The van der Waals surface area contributed by atoms with Crippen LogP contribution in [-0.2, 0) is 24.8 Å². The van der Waals surface area contributed by atoms with Crippen molar-refractivity contribution in [1.82, 2.24) is 24.8 Å². The minimum atomic E-state index is -0.323. The summed E-state index contributed by atoms with van der Waals surface area (Å²) in [6, 6.07) is 5.90. The van der Waals surface area contributed by atoms with E-state index < -0.39 is 0 Å². The molecule has 7 nitrogen and oxygen atoms in total. The molecule has 0 saturated heterocycles. The van der Waals surface area contributed by atoms with Crippen molar-refractivity contribution in [2.45, 2.75) is 26.8 Å². The molecule has 0 aliphatic carbocycles. The number of halogens is 1. The molecule has 0 radical (unpaired) electrons. The highest BCUT2D eigenvalue weighted by atomic mass is 19.1. The van der Waals surface area contributed by atoms with Gasteiger partial charge in [0.05, 0.1) is 0 Å². The molecule has 2 aromatic heterocycles. The van der Waals surface area contributed by atoms with Crippen LogP contribution in [0.4, 0.5) is 4.39 Å². The summed E-state index contributed by atoms with van der Waals surface area (Å²) in [5.74, 6) is 0.407. The highest BCUT2D eigenvalue weighted by Crippen LogP contribution is 2.30. The maximum Gasteiger partial charge on any atom is 0.279 e. The first-order chi connectivity index (χ1) is 12.9. The summed E-state index contributed by atoms with van der Waals surface area (Å²) in [7, 11) is 1.87. The lowest BCUT2D eigenvalue weighted by Crippen LogP contribution is -2.38. The van der Waals surface area contributed by atoms with Gasteiger partial charge in [0.1, 0.15) is 5.82 Å². The molecule has 0 fully saturated rings. The van der Waals surface area contributed by atoms with Crippen molar-refractivity contribution in [2.75, 3.05) is 6.54 Å². The van der Waals surface area contributed by atoms with Crippen molar-refractivity contribution in [3.63, 3.8) is 0 Å². The second-order valence-electron chi connectivity index (χ2n) is 6.99. The van der Waals surface area contributed by atoms with E-state index in [0.717, 1.165) is 17.7 Å². The van der Waals surface area contributed by atoms with Gasteiger partial charge in [-0.3, -0.25) is 9.48 Å². The Balaban J connectivity index is 1.68. The Bertz CT molecular complexity index is 990. The molecule has 3 aromatic rings. The van der Waals surface area contributed by atoms with Gasteiger partial charge in [-0.25, -0.2) is 4.39 Å². The molecule has 1 amide bonds. The molecule has 3 heterocycles. The molecule has 0 saturated carbocycles. The van der Waals surface area contributed by atoms with Crippen molar-refractivity contribution in [1.29, 1.82) is 0 Å². The standard InChI is InChI=1S/C19H20FN5O2/c1-11(2)19(26)25-9-8-15-14(10-25)16(22-24(15)3)18-21-17(23-27-18)12-4-6-13(20)7-5-12/h4-7,11H,8-10H2,1-3H3. The first kappa shape index (κ1) is 17.4. The second kappa shape index (κ2) is 6.61. The maximum atomic E-state index is 13.1. The molecule has 27 heavy (non-hydrogen) atoms. The van der Waals surface area contributed by atoms with Crippen molar-refractivity contribution in [3.05, 3.63) is 41.3 Å². The summed E-state index contributed by atoms with van der Waals surface area (Å²) in [6.45, 7) is 4.95. The smallest absolute Gasteiger partial charge is 0.279 e. The van der Waals surface area contributed by atoms with Crippen LogP contribution < -0.4 is 0 Å². The van der Waals surface area contributed by atoms with Gasteiger partial charge in [0.2, 0.25) is 11.7 Å². The van der Waals surface area contributed by atoms with Crippen LogP contribution in [-0.4, -0.2) is 37.3 Å². The topological polar surface area (TPSA) is 77.1 Å². The van der Waals surface area contributed by atoms with E-state index in [1.807, 2.05) is 30.5 Å². The molecule has 1 aliphatic rings. The molecule has 8 heteroatoms. The number of nitrogens with zero attached hydrogens (tertiary/aromatic N) is 5. The largest absolute Gasteiger partial charge is 0.338 e. The van der Waals surface area contributed by atoms with Crippen LogP contribution in [0.15, 0.2) is 28.8 Å². The number of hydrogen-bond donors (Lipinski definition) is 0. The fourth-order valence-electron chi connectivity index (χ4n) is 3.35. The maximum absolute atomic E-state index is 13.1. The van der Waals surface area contributed by atoms with Crippen molar-refractivity contribution >= 4 is 5.91 Å². The number of carbonyl (C=O) groups is 1. The molecular formula is C19H20FN5O2. The van der Waals surface area contributed by atoms with Gasteiger partial charge in [0.25, 0.3) is 5.89 Å². The van der Waals surface area contributed by atoms with Gasteiger partial charge >= 0.3 is 0 Å². The summed E-state index contributed by atoms with van der Waals surface area (Å²) in [5.41, 5.74) is 3.26. The van der Waals surface area contributed by atoms with Crippen LogP contribution in [0.2, 0.25) is 0 Å². The normalized spacial score (nSPS) is 13.9. The number of fused-ring (bicyclic) bond motifs is 1. The Morgan fingerprint density at radius 2 is 2.00 bits per heavy atom. The molecule has 0 bridgehead atoms. The molecule has 4 rings (SSSR count). The van der Waals surface area contributed by atoms with E-state index in [0.29, 0.717) is 36.1 Å². The number of benzene rings is 1. The van der Waals surface area contributed by atoms with Crippen LogP contribution in [0, 0.1) is 11.7 Å². The minimum absolute atomic E-state index is 0.0554. The van der Waals surface area contributed by atoms with Gasteiger partial charge in [0, 0.05) is 49.3 Å². The summed E-state index contributed by atoms with van der Waals surface area (Å²) in [5, 5.41) is 8.54. The molecule has 1 aliphatic heterocycles. The minimum Gasteiger partial charge on any atom is -0.338 e. The highest BCUT2D eigenvalue weighted by molar-refractivity contribution is 5.78. The van der Waals surface area contributed by atoms with Gasteiger partial charge in [-0.05, 0) is 24.3 Å². The summed E-state index contributed by atoms with van der Waals surface area (Å²) < 4.78 is 20.3. The van der Waals surface area contributed by atoms with Crippen molar-refractivity contribution < 1.29 is 13.7 Å². The van der Waals surface area contributed by atoms with E-state index in [1.165, 1.54) is 12.1 Å². The Hall–Kier alpha value is -3.03. The number of amides is 1. The monoisotopic (exact) mass is 369 g/mol. The lowest BCUT2D eigenvalue weighted by atomic mass is 10.0. The SMILES string of the molecule is CC(C)C(=O)N1CCc2c(c(-c3nc(-c4ccc(F)cc4)no3)nn2C)C1. The Morgan fingerprint density at radius 1 is 1.26 bits per heavy atom. The van der Waals surface area contributed by atoms with E-state index >= 15 is 0 Å². The van der Waals surface area contributed by atoms with Gasteiger partial charge in [-0.2, -0.15) is 10.1 Å². The second-order valence-corrected chi connectivity index (χ2v) is 6.99. The lowest BCUT2D eigenvalue weighted by Gasteiger charge is -2.28. The zero-order chi connectivity index (χ0) is 19.1. The van der Waals surface area contributed by atoms with E-state index in [4.69, 9.17) is 4.52 Å². The van der Waals surface area contributed by atoms with Gasteiger partial charge in [-0.1, -0.05) is 19.0 Å². The summed E-state index contributed by atoms with van der Waals surface area (Å²) in [6.07, 6.45) is 0.732. The van der Waals surface area contributed by atoms with Crippen LogP contribution >= 0.6 is 0 Å². The van der Waals surface area contributed by atoms with E-state index in [-0.39, 0.29) is 17.6 Å². The van der Waals surface area contributed by atoms with Gasteiger partial charge < -0.3 is 9.42 Å². The Kier molecular flexibility index (Phi) is 4.25. The molecule has 0 spiro atoms. The molecule has 0 N–H and O–H groups in total. The third-order valence-electron chi connectivity index (χ3n) is 4.78. The first-order valence-corrected chi connectivity index (χ1v) is 8.87. The van der Waals surface area contributed by atoms with Crippen LogP contribution in [0.1, 0.15) is 25.1 Å². The predicted octanol–water partition coefficient (Wildman–Crippen LogP) is 2.82. The van der Waals surface area contributed by atoms with Crippen molar-refractivity contribution in [3.8, 4) is 23.0 Å². The summed E-state index contributed by atoms with van der Waals surface area (Å²) in [4.78, 5) is 18.7. The number of aromatic nitrogens is 4. The average molecular weight is 369 g/mol. The van der Waals surface area contributed by atoms with Gasteiger partial charge in [-0.15, -0.1) is 0 Å².